The highest BCUT2D eigenvalue weighted by Crippen LogP contribution is 2.30. The molecule has 428 valence electrons. The molecule has 0 fully saturated rings. The van der Waals surface area contributed by atoms with Gasteiger partial charge < -0.3 is 15.0 Å². The number of rotatable bonds is 0. The second-order valence-corrected chi connectivity index (χ2v) is 29.5. The summed E-state index contributed by atoms with van der Waals surface area (Å²) in [5, 5.41) is 6.59. The highest BCUT2D eigenvalue weighted by atomic mass is 32.1. The number of fused-ring (bicyclic) bond motifs is 6. The summed E-state index contributed by atoms with van der Waals surface area (Å²) in [6, 6.07) is 19.0. The van der Waals surface area contributed by atoms with Gasteiger partial charge in [-0.05, 0) is 102 Å². The van der Waals surface area contributed by atoms with E-state index in [9.17, 15) is 0 Å². The second-order valence-electron chi connectivity index (χ2n) is 27.4. The molecule has 81 heavy (non-hydrogen) atoms. The smallest absolute Gasteiger partial charge is 0.141 e. The molecule has 0 spiro atoms. The Morgan fingerprint density at radius 2 is 1.05 bits per heavy atom. The van der Waals surface area contributed by atoms with Crippen LogP contribution in [0.3, 0.4) is 0 Å². The average molecular weight is 1130 g/mol. The first-order valence-corrected chi connectivity index (χ1v) is 29.6. The molecule has 12 rings (SSSR count). The number of aryl methyl sites for hydroxylation is 2. The van der Waals surface area contributed by atoms with Gasteiger partial charge in [0, 0.05) is 116 Å². The number of nitrogens with zero attached hydrogens (tertiary/aromatic N) is 10. The van der Waals surface area contributed by atoms with Crippen LogP contribution in [0.15, 0.2) is 103 Å². The van der Waals surface area contributed by atoms with Gasteiger partial charge in [-0.1, -0.05) is 131 Å². The van der Waals surface area contributed by atoms with Crippen molar-refractivity contribution in [3.8, 4) is 0 Å². The van der Waals surface area contributed by atoms with Gasteiger partial charge in [-0.3, -0.25) is 14.9 Å². The standard InChI is InChI=1S/C12H18N2.C12H16N2.C11H14N2S.C11H14N2.C10H13N3.C10H12N2S/c1-12(2,3)10-5-9-7-14(4)8-11(9)13-6-10;1-8-7-9-5-6-10(12(2,3)4)14-11(9)13-8;1-7-5-8-6-12-10(11(2,3)4)13-9(8)14-7;1-11(2,3)8-6-10-9(13-7-8)4-5-12-10;1-10(2,3)9-12-6-7-4-5-11-8(7)13-9;1-10(2,3)9-11-6-7-4-5-13-8(7)12-9/h5-6H,7-8H2,1-4H3;5-7H,1-4H3,(H,13,14);5-6H,1-4H3;4-7,12H,1-3H3;4-6H,1-3H3,(H,11,12,13);4-6H,1-3H3. The SMILES string of the molecule is CC(C)(C)c1cnc2cc[nH]c2c1.CC(C)(C)c1ncc2cc[nH]c2n1.CC(C)(C)c1ncc2ccsc2n1.CN1Cc2cc(C(C)(C)C)cnc2C1.Cc1cc2ccc(C(C)(C)C)nc2[nH]1.Cc1cc2cnc(C(C)(C)C)nc2s1. The van der Waals surface area contributed by atoms with E-state index in [1.807, 2.05) is 67.0 Å². The maximum Gasteiger partial charge on any atom is 0.141 e. The van der Waals surface area contributed by atoms with Gasteiger partial charge in [-0.25, -0.2) is 34.9 Å². The molecule has 11 aromatic rings. The minimum absolute atomic E-state index is 0.0132. The van der Waals surface area contributed by atoms with E-state index in [1.165, 1.54) is 38.3 Å². The van der Waals surface area contributed by atoms with Gasteiger partial charge in [-0.15, -0.1) is 22.7 Å². The van der Waals surface area contributed by atoms with Gasteiger partial charge in [0.05, 0.1) is 16.7 Å². The molecule has 0 atom stereocenters. The van der Waals surface area contributed by atoms with Gasteiger partial charge in [0.2, 0.25) is 0 Å². The summed E-state index contributed by atoms with van der Waals surface area (Å²) in [4.78, 5) is 55.4. The Morgan fingerprint density at radius 1 is 0.469 bits per heavy atom. The number of nitrogens with one attached hydrogen (secondary N) is 3. The first kappa shape index (κ1) is 61.8. The van der Waals surface area contributed by atoms with Crippen molar-refractivity contribution in [1.82, 2.24) is 64.7 Å². The predicted octanol–water partition coefficient (Wildman–Crippen LogP) is 16.9. The molecule has 0 amide bonds. The van der Waals surface area contributed by atoms with Crippen LogP contribution in [0, 0.1) is 13.8 Å². The van der Waals surface area contributed by atoms with Crippen molar-refractivity contribution in [2.24, 2.45) is 0 Å². The lowest BCUT2D eigenvalue weighted by Gasteiger charge is -2.19. The highest BCUT2D eigenvalue weighted by molar-refractivity contribution is 7.18. The number of aromatic amines is 3. The number of pyridine rings is 3. The molecule has 15 heteroatoms. The summed E-state index contributed by atoms with van der Waals surface area (Å²) in [6.07, 6.45) is 13.5. The molecule has 0 bridgehead atoms. The molecule has 0 unspecified atom stereocenters. The Balaban J connectivity index is 0.000000140. The van der Waals surface area contributed by atoms with E-state index in [-0.39, 0.29) is 32.5 Å². The molecule has 1 aliphatic rings. The second kappa shape index (κ2) is 24.3. The first-order chi connectivity index (χ1) is 37.6. The van der Waals surface area contributed by atoms with E-state index in [0.717, 1.165) is 84.4 Å². The normalized spacial score (nSPS) is 13.1. The van der Waals surface area contributed by atoms with Gasteiger partial charge in [0.15, 0.2) is 0 Å². The lowest BCUT2D eigenvalue weighted by atomic mass is 9.87. The number of hydrogen-bond donors (Lipinski definition) is 3. The molecule has 0 radical (unpaired) electrons. The van der Waals surface area contributed by atoms with Gasteiger partial charge in [0.1, 0.15) is 38.4 Å². The van der Waals surface area contributed by atoms with Crippen LogP contribution in [0.5, 0.6) is 0 Å². The lowest BCUT2D eigenvalue weighted by molar-refractivity contribution is 0.351. The van der Waals surface area contributed by atoms with Gasteiger partial charge >= 0.3 is 0 Å². The first-order valence-electron chi connectivity index (χ1n) is 27.9. The molecule has 0 aromatic carbocycles. The minimum atomic E-state index is 0.0132. The van der Waals surface area contributed by atoms with Crippen molar-refractivity contribution >= 4 is 76.2 Å². The Bertz CT molecular complexity index is 3560. The third-order valence-electron chi connectivity index (χ3n) is 13.3. The summed E-state index contributed by atoms with van der Waals surface area (Å²) in [5.74, 6) is 2.72. The predicted molar refractivity (Wildman–Crippen MR) is 342 cm³/mol. The number of H-pyrrole nitrogens is 3. The quantitative estimate of drug-likeness (QED) is 0.133. The molecule has 11 aromatic heterocycles. The molecule has 1 aliphatic heterocycles. The van der Waals surface area contributed by atoms with Crippen molar-refractivity contribution in [1.29, 1.82) is 0 Å². The van der Waals surface area contributed by atoms with E-state index in [4.69, 9.17) is 0 Å². The fourth-order valence-corrected chi connectivity index (χ4v) is 9.96. The van der Waals surface area contributed by atoms with E-state index in [1.54, 1.807) is 22.7 Å². The van der Waals surface area contributed by atoms with Gasteiger partial charge in [-0.2, -0.15) is 0 Å². The molecule has 0 saturated heterocycles. The Labute approximate surface area is 488 Å². The molecule has 12 heterocycles. The summed E-state index contributed by atoms with van der Waals surface area (Å²) in [5.41, 5.74) is 12.2. The van der Waals surface area contributed by atoms with E-state index in [2.05, 4.69) is 247 Å². The molecule has 0 aliphatic carbocycles. The zero-order chi connectivity index (χ0) is 59.5. The highest BCUT2D eigenvalue weighted by Gasteiger charge is 2.23. The Kier molecular flexibility index (Phi) is 18.6. The van der Waals surface area contributed by atoms with E-state index in [0.29, 0.717) is 0 Å². The van der Waals surface area contributed by atoms with Crippen LogP contribution in [0.4, 0.5) is 0 Å². The summed E-state index contributed by atoms with van der Waals surface area (Å²) < 4.78 is 0. The zero-order valence-corrected chi connectivity index (χ0v) is 53.7. The van der Waals surface area contributed by atoms with Crippen LogP contribution < -0.4 is 0 Å². The van der Waals surface area contributed by atoms with E-state index >= 15 is 0 Å². The largest absolute Gasteiger partial charge is 0.360 e. The molecular weight excluding hydrogens is 1040 g/mol. The molecular formula is C66H87N13S2. The molecule has 0 saturated carbocycles. The third kappa shape index (κ3) is 16.7. The fourth-order valence-electron chi connectivity index (χ4n) is 8.37. The van der Waals surface area contributed by atoms with Crippen molar-refractivity contribution in [2.75, 3.05) is 7.05 Å². The van der Waals surface area contributed by atoms with E-state index < -0.39 is 0 Å². The van der Waals surface area contributed by atoms with Crippen LogP contribution in [0.2, 0.25) is 0 Å². The van der Waals surface area contributed by atoms with Crippen LogP contribution in [-0.2, 0) is 45.6 Å². The van der Waals surface area contributed by atoms with Crippen molar-refractivity contribution in [2.45, 2.75) is 184 Å². The van der Waals surface area contributed by atoms with Gasteiger partial charge in [0.25, 0.3) is 0 Å². The zero-order valence-electron chi connectivity index (χ0n) is 52.0. The average Bonchev–Trinajstić information content (AvgIpc) is 4.31. The van der Waals surface area contributed by atoms with Crippen LogP contribution >= 0.6 is 22.7 Å². The maximum atomic E-state index is 4.61. The maximum absolute atomic E-state index is 4.61. The lowest BCUT2D eigenvalue weighted by Crippen LogP contribution is -2.15. The monoisotopic (exact) mass is 1130 g/mol. The summed E-state index contributed by atoms with van der Waals surface area (Å²) in [7, 11) is 2.14. The summed E-state index contributed by atoms with van der Waals surface area (Å²) in [6.45, 7) is 45.1. The number of hydrogen-bond acceptors (Lipinski definition) is 12. The van der Waals surface area contributed by atoms with Crippen LogP contribution in [0.1, 0.15) is 181 Å². The number of thiophene rings is 2. The van der Waals surface area contributed by atoms with Crippen LogP contribution in [-0.4, -0.2) is 71.8 Å². The van der Waals surface area contributed by atoms with Crippen molar-refractivity contribution in [3.05, 3.63) is 159 Å². The van der Waals surface area contributed by atoms with Crippen molar-refractivity contribution < 1.29 is 0 Å². The minimum Gasteiger partial charge on any atom is -0.360 e. The topological polar surface area (TPSA) is 167 Å². The Hall–Kier alpha value is -6.81. The molecule has 3 N–H and O–H groups in total. The molecule has 13 nitrogen and oxygen atoms in total. The summed E-state index contributed by atoms with van der Waals surface area (Å²) >= 11 is 3.40. The Morgan fingerprint density at radius 3 is 1.68 bits per heavy atom. The van der Waals surface area contributed by atoms with Crippen LogP contribution in [0.25, 0.3) is 53.5 Å². The number of aromatic nitrogens is 12. The third-order valence-corrected chi connectivity index (χ3v) is 15.1. The fraction of sp³-hybridized carbons (Fsp3) is 0.439. The van der Waals surface area contributed by atoms with Crippen molar-refractivity contribution in [3.63, 3.8) is 0 Å².